The average molecular weight is 325 g/mol. The van der Waals surface area contributed by atoms with Crippen molar-refractivity contribution in [1.82, 2.24) is 15.0 Å². The van der Waals surface area contributed by atoms with Gasteiger partial charge in [0.2, 0.25) is 0 Å². The van der Waals surface area contributed by atoms with Crippen LogP contribution in [0.15, 0.2) is 43.0 Å². The molecule has 1 aromatic carbocycles. The van der Waals surface area contributed by atoms with Crippen molar-refractivity contribution in [2.24, 2.45) is 0 Å². The maximum absolute atomic E-state index is 4.41. The Labute approximate surface area is 139 Å². The average Bonchev–Trinajstić information content (AvgIpc) is 3.02. The molecule has 6 heteroatoms. The molecule has 2 heterocycles. The number of aryl methyl sites for hydroxylation is 3. The van der Waals surface area contributed by atoms with Crippen LogP contribution in [0.3, 0.4) is 0 Å². The smallest absolute Gasteiger partial charge is 0.188 e. The van der Waals surface area contributed by atoms with E-state index in [4.69, 9.17) is 0 Å². The highest BCUT2D eigenvalue weighted by atomic mass is 32.1. The molecular weight excluding hydrogens is 306 g/mol. The normalized spacial score (nSPS) is 10.5. The van der Waals surface area contributed by atoms with Crippen LogP contribution in [0.5, 0.6) is 0 Å². The summed E-state index contributed by atoms with van der Waals surface area (Å²) >= 11 is 1.66. The summed E-state index contributed by atoms with van der Waals surface area (Å²) in [6.07, 6.45) is 8.92. The van der Waals surface area contributed by atoms with Gasteiger partial charge in [0, 0.05) is 36.2 Å². The third-order valence-corrected chi connectivity index (χ3v) is 4.60. The Balaban J connectivity index is 1.63. The van der Waals surface area contributed by atoms with Crippen LogP contribution in [0.25, 0.3) is 0 Å². The standard InChI is InChI=1S/C17H19N5S/c1-12-3-5-14(18-2)9-13(12)4-6-15-10-21-17(23-15)22-16-11-19-7-8-20-16/h3,5,7-11,18H,4,6H2,1-2H3,(H,20,21,22). The minimum absolute atomic E-state index is 0.714. The second kappa shape index (κ2) is 7.19. The zero-order valence-electron chi connectivity index (χ0n) is 13.2. The lowest BCUT2D eigenvalue weighted by Gasteiger charge is -2.08. The number of hydrogen-bond acceptors (Lipinski definition) is 6. The lowest BCUT2D eigenvalue weighted by molar-refractivity contribution is 0.964. The molecular formula is C17H19N5S. The van der Waals surface area contributed by atoms with Gasteiger partial charge in [-0.05, 0) is 43.0 Å². The Morgan fingerprint density at radius 1 is 1.09 bits per heavy atom. The fourth-order valence-corrected chi connectivity index (χ4v) is 3.13. The van der Waals surface area contributed by atoms with Crippen LogP contribution >= 0.6 is 11.3 Å². The molecule has 0 radical (unpaired) electrons. The summed E-state index contributed by atoms with van der Waals surface area (Å²) in [6, 6.07) is 6.48. The first-order chi connectivity index (χ1) is 11.2. The van der Waals surface area contributed by atoms with E-state index < -0.39 is 0 Å². The van der Waals surface area contributed by atoms with Crippen LogP contribution in [-0.2, 0) is 12.8 Å². The van der Waals surface area contributed by atoms with E-state index in [1.807, 2.05) is 13.2 Å². The first-order valence-electron chi connectivity index (χ1n) is 7.49. The van der Waals surface area contributed by atoms with Gasteiger partial charge in [-0.25, -0.2) is 9.97 Å². The van der Waals surface area contributed by atoms with E-state index >= 15 is 0 Å². The largest absolute Gasteiger partial charge is 0.388 e. The molecule has 5 nitrogen and oxygen atoms in total. The fraction of sp³-hybridized carbons (Fsp3) is 0.235. The first-order valence-corrected chi connectivity index (χ1v) is 8.31. The van der Waals surface area contributed by atoms with Crippen molar-refractivity contribution in [3.63, 3.8) is 0 Å². The molecule has 0 fully saturated rings. The highest BCUT2D eigenvalue weighted by Gasteiger charge is 2.06. The molecule has 0 aliphatic rings. The van der Waals surface area contributed by atoms with Gasteiger partial charge >= 0.3 is 0 Å². The van der Waals surface area contributed by atoms with Gasteiger partial charge in [-0.1, -0.05) is 6.07 Å². The van der Waals surface area contributed by atoms with Crippen molar-refractivity contribution < 1.29 is 0 Å². The summed E-state index contributed by atoms with van der Waals surface area (Å²) in [5.41, 5.74) is 3.85. The summed E-state index contributed by atoms with van der Waals surface area (Å²) in [6.45, 7) is 2.16. The molecule has 0 saturated carbocycles. The molecule has 0 amide bonds. The van der Waals surface area contributed by atoms with Gasteiger partial charge in [0.05, 0.1) is 6.20 Å². The van der Waals surface area contributed by atoms with Gasteiger partial charge in [0.15, 0.2) is 10.9 Å². The summed E-state index contributed by atoms with van der Waals surface area (Å²) in [5, 5.41) is 7.22. The van der Waals surface area contributed by atoms with E-state index in [-0.39, 0.29) is 0 Å². The number of hydrogen-bond donors (Lipinski definition) is 2. The molecule has 0 aliphatic heterocycles. The van der Waals surface area contributed by atoms with Gasteiger partial charge in [-0.15, -0.1) is 11.3 Å². The molecule has 0 atom stereocenters. The number of thiazole rings is 1. The maximum Gasteiger partial charge on any atom is 0.188 e. The van der Waals surface area contributed by atoms with E-state index in [9.17, 15) is 0 Å². The van der Waals surface area contributed by atoms with Crippen molar-refractivity contribution in [3.8, 4) is 0 Å². The van der Waals surface area contributed by atoms with E-state index in [1.54, 1.807) is 29.9 Å². The van der Waals surface area contributed by atoms with Crippen LogP contribution in [0, 0.1) is 6.92 Å². The molecule has 0 bridgehead atoms. The SMILES string of the molecule is CNc1ccc(C)c(CCc2cnc(Nc3cnccn3)s2)c1. The third-order valence-electron chi connectivity index (χ3n) is 3.63. The molecule has 0 aliphatic carbocycles. The topological polar surface area (TPSA) is 62.7 Å². The monoisotopic (exact) mass is 325 g/mol. The summed E-state index contributed by atoms with van der Waals surface area (Å²) in [5.74, 6) is 0.714. The maximum atomic E-state index is 4.41. The minimum atomic E-state index is 0.714. The van der Waals surface area contributed by atoms with Crippen molar-refractivity contribution >= 4 is 28.0 Å². The number of benzene rings is 1. The molecule has 118 valence electrons. The van der Waals surface area contributed by atoms with Gasteiger partial charge in [-0.2, -0.15) is 0 Å². The van der Waals surface area contributed by atoms with Crippen molar-refractivity contribution in [3.05, 3.63) is 59.0 Å². The van der Waals surface area contributed by atoms with Crippen LogP contribution in [-0.4, -0.2) is 22.0 Å². The Bertz CT molecular complexity index is 770. The molecule has 0 saturated heterocycles. The zero-order valence-corrected chi connectivity index (χ0v) is 14.0. The first kappa shape index (κ1) is 15.4. The lowest BCUT2D eigenvalue weighted by Crippen LogP contribution is -1.95. The van der Waals surface area contributed by atoms with Gasteiger partial charge in [0.25, 0.3) is 0 Å². The van der Waals surface area contributed by atoms with Crippen LogP contribution < -0.4 is 10.6 Å². The minimum Gasteiger partial charge on any atom is -0.388 e. The molecule has 2 N–H and O–H groups in total. The Morgan fingerprint density at radius 2 is 2.00 bits per heavy atom. The van der Waals surface area contributed by atoms with E-state index in [1.165, 1.54) is 16.0 Å². The molecule has 3 aromatic rings. The molecule has 0 unspecified atom stereocenters. The lowest BCUT2D eigenvalue weighted by atomic mass is 10.0. The van der Waals surface area contributed by atoms with Crippen molar-refractivity contribution in [2.45, 2.75) is 19.8 Å². The second-order valence-electron chi connectivity index (χ2n) is 5.24. The second-order valence-corrected chi connectivity index (χ2v) is 6.35. The molecule has 0 spiro atoms. The number of rotatable bonds is 6. The zero-order chi connectivity index (χ0) is 16.1. The third kappa shape index (κ3) is 4.04. The highest BCUT2D eigenvalue weighted by molar-refractivity contribution is 7.15. The van der Waals surface area contributed by atoms with Gasteiger partial charge in [0.1, 0.15) is 0 Å². The number of nitrogens with one attached hydrogen (secondary N) is 2. The molecule has 2 aromatic heterocycles. The van der Waals surface area contributed by atoms with Crippen molar-refractivity contribution in [2.75, 3.05) is 17.7 Å². The summed E-state index contributed by atoms with van der Waals surface area (Å²) in [7, 11) is 1.95. The van der Waals surface area contributed by atoms with E-state index in [2.05, 4.69) is 50.7 Å². The highest BCUT2D eigenvalue weighted by Crippen LogP contribution is 2.23. The Hall–Kier alpha value is -2.47. The van der Waals surface area contributed by atoms with E-state index in [0.29, 0.717) is 5.82 Å². The fourth-order valence-electron chi connectivity index (χ4n) is 2.31. The Morgan fingerprint density at radius 3 is 2.78 bits per heavy atom. The number of nitrogens with zero attached hydrogens (tertiary/aromatic N) is 3. The quantitative estimate of drug-likeness (QED) is 0.721. The predicted octanol–water partition coefficient (Wildman–Crippen LogP) is 3.81. The predicted molar refractivity (Wildman–Crippen MR) is 95.6 cm³/mol. The van der Waals surface area contributed by atoms with Crippen molar-refractivity contribution in [1.29, 1.82) is 0 Å². The van der Waals surface area contributed by atoms with E-state index in [0.717, 1.165) is 23.7 Å². The summed E-state index contributed by atoms with van der Waals surface area (Å²) in [4.78, 5) is 13.9. The van der Waals surface area contributed by atoms with Crippen LogP contribution in [0.2, 0.25) is 0 Å². The summed E-state index contributed by atoms with van der Waals surface area (Å²) < 4.78 is 0. The van der Waals surface area contributed by atoms with Crippen LogP contribution in [0.1, 0.15) is 16.0 Å². The number of anilines is 3. The van der Waals surface area contributed by atoms with Gasteiger partial charge < -0.3 is 10.6 Å². The molecule has 23 heavy (non-hydrogen) atoms. The van der Waals surface area contributed by atoms with Gasteiger partial charge in [-0.3, -0.25) is 4.98 Å². The van der Waals surface area contributed by atoms with Crippen LogP contribution in [0.4, 0.5) is 16.6 Å². The Kier molecular flexibility index (Phi) is 4.83. The molecule has 3 rings (SSSR count). The number of aromatic nitrogens is 3.